The Morgan fingerprint density at radius 3 is 2.70 bits per heavy atom. The molecule has 6 nitrogen and oxygen atoms in total. The van der Waals surface area contributed by atoms with Crippen molar-refractivity contribution >= 4 is 39.3 Å². The molecule has 0 spiro atoms. The maximum absolute atomic E-state index is 5.53. The van der Waals surface area contributed by atoms with Gasteiger partial charge in [-0.3, -0.25) is 0 Å². The van der Waals surface area contributed by atoms with Crippen LogP contribution in [-0.4, -0.2) is 25.4 Å². The van der Waals surface area contributed by atoms with Crippen molar-refractivity contribution in [2.75, 3.05) is 19.6 Å². The van der Waals surface area contributed by atoms with Gasteiger partial charge in [-0.1, -0.05) is 12.1 Å². The van der Waals surface area contributed by atoms with Crippen LogP contribution in [0.3, 0.4) is 0 Å². The summed E-state index contributed by atoms with van der Waals surface area (Å²) in [5.41, 5.74) is 5.03. The number of fused-ring (bicyclic) bond motifs is 1. The van der Waals surface area contributed by atoms with Crippen LogP contribution in [0, 0.1) is 0 Å². The Bertz CT molecular complexity index is 828. The standard InChI is InChI=1S/C16H14BrN3O3/c1-21-14-8-15(22-2)11(17)7-10(14)9-18-20-16-19-12-5-3-4-6-13(12)23-16/h3-9H,1-2H3,(H,19,20)/b18-9+. The first-order valence-electron chi connectivity index (χ1n) is 6.77. The highest BCUT2D eigenvalue weighted by Gasteiger charge is 2.08. The third kappa shape index (κ3) is 3.29. The lowest BCUT2D eigenvalue weighted by Gasteiger charge is -2.09. The molecular formula is C16H14BrN3O3. The zero-order valence-electron chi connectivity index (χ0n) is 12.5. The maximum Gasteiger partial charge on any atom is 0.316 e. The first-order valence-corrected chi connectivity index (χ1v) is 7.56. The quantitative estimate of drug-likeness (QED) is 0.537. The molecular weight excluding hydrogens is 362 g/mol. The summed E-state index contributed by atoms with van der Waals surface area (Å²) >= 11 is 3.44. The molecule has 1 aromatic heterocycles. The zero-order valence-corrected chi connectivity index (χ0v) is 14.1. The predicted octanol–water partition coefficient (Wildman–Crippen LogP) is 4.05. The molecule has 0 aliphatic rings. The van der Waals surface area contributed by atoms with Crippen LogP contribution in [0.25, 0.3) is 11.1 Å². The number of hydrogen-bond donors (Lipinski definition) is 1. The number of hydrazone groups is 1. The number of rotatable bonds is 5. The second-order valence-corrected chi connectivity index (χ2v) is 5.44. The van der Waals surface area contributed by atoms with Crippen molar-refractivity contribution < 1.29 is 13.9 Å². The SMILES string of the molecule is COc1cc(OC)c(/C=N/Nc2nc3ccccc3o2)cc1Br. The van der Waals surface area contributed by atoms with E-state index in [1.165, 1.54) is 0 Å². The number of para-hydroxylation sites is 2. The number of nitrogens with one attached hydrogen (secondary N) is 1. The number of benzene rings is 2. The second-order valence-electron chi connectivity index (χ2n) is 4.59. The summed E-state index contributed by atoms with van der Waals surface area (Å²) in [6, 6.07) is 11.5. The van der Waals surface area contributed by atoms with Crippen LogP contribution < -0.4 is 14.9 Å². The molecule has 1 heterocycles. The molecule has 3 aromatic rings. The van der Waals surface area contributed by atoms with Crippen molar-refractivity contribution in [2.45, 2.75) is 0 Å². The Labute approximate surface area is 141 Å². The van der Waals surface area contributed by atoms with Crippen LogP contribution in [0.4, 0.5) is 6.01 Å². The second kappa shape index (κ2) is 6.70. The lowest BCUT2D eigenvalue weighted by molar-refractivity contribution is 0.392. The number of anilines is 1. The number of methoxy groups -OCH3 is 2. The Hall–Kier alpha value is -2.54. The van der Waals surface area contributed by atoms with Gasteiger partial charge in [-0.15, -0.1) is 0 Å². The third-order valence-corrected chi connectivity index (χ3v) is 3.78. The number of halogens is 1. The molecule has 0 bridgehead atoms. The molecule has 0 saturated carbocycles. The summed E-state index contributed by atoms with van der Waals surface area (Å²) in [6.45, 7) is 0. The Kier molecular flexibility index (Phi) is 4.47. The Morgan fingerprint density at radius 2 is 1.96 bits per heavy atom. The fourth-order valence-corrected chi connectivity index (χ4v) is 2.58. The van der Waals surface area contributed by atoms with Crippen molar-refractivity contribution in [3.8, 4) is 11.5 Å². The summed E-state index contributed by atoms with van der Waals surface area (Å²) in [5.74, 6) is 1.33. The molecule has 0 amide bonds. The van der Waals surface area contributed by atoms with Gasteiger partial charge >= 0.3 is 6.01 Å². The normalized spacial score (nSPS) is 11.1. The Morgan fingerprint density at radius 1 is 1.17 bits per heavy atom. The lowest BCUT2D eigenvalue weighted by Crippen LogP contribution is -1.96. The van der Waals surface area contributed by atoms with Gasteiger partial charge in [0.1, 0.15) is 17.0 Å². The van der Waals surface area contributed by atoms with E-state index in [9.17, 15) is 0 Å². The first-order chi connectivity index (χ1) is 11.2. The minimum absolute atomic E-state index is 0.328. The van der Waals surface area contributed by atoms with Gasteiger partial charge in [0.05, 0.1) is 24.9 Å². The first kappa shape index (κ1) is 15.4. The summed E-state index contributed by atoms with van der Waals surface area (Å²) in [6.07, 6.45) is 1.62. The van der Waals surface area contributed by atoms with Gasteiger partial charge in [0, 0.05) is 11.6 Å². The van der Waals surface area contributed by atoms with Gasteiger partial charge in [-0.05, 0) is 34.1 Å². The van der Waals surface area contributed by atoms with E-state index < -0.39 is 0 Å². The molecule has 118 valence electrons. The molecule has 3 rings (SSSR count). The topological polar surface area (TPSA) is 68.9 Å². The largest absolute Gasteiger partial charge is 0.496 e. The van der Waals surface area contributed by atoms with Crippen molar-refractivity contribution in [1.29, 1.82) is 0 Å². The van der Waals surface area contributed by atoms with Crippen molar-refractivity contribution in [2.24, 2.45) is 5.10 Å². The van der Waals surface area contributed by atoms with Crippen LogP contribution in [0.15, 0.2) is 50.4 Å². The number of hydrogen-bond acceptors (Lipinski definition) is 6. The molecule has 2 aromatic carbocycles. The summed E-state index contributed by atoms with van der Waals surface area (Å²) in [7, 11) is 3.19. The lowest BCUT2D eigenvalue weighted by atomic mass is 10.2. The van der Waals surface area contributed by atoms with E-state index in [-0.39, 0.29) is 0 Å². The number of aromatic nitrogens is 1. The predicted molar refractivity (Wildman–Crippen MR) is 92.5 cm³/mol. The monoisotopic (exact) mass is 375 g/mol. The van der Waals surface area contributed by atoms with Crippen LogP contribution in [-0.2, 0) is 0 Å². The number of oxazole rings is 1. The highest BCUT2D eigenvalue weighted by molar-refractivity contribution is 9.10. The average molecular weight is 376 g/mol. The summed E-state index contributed by atoms with van der Waals surface area (Å²) in [5, 5.41) is 4.14. The van der Waals surface area contributed by atoms with E-state index in [4.69, 9.17) is 13.9 Å². The van der Waals surface area contributed by atoms with Gasteiger partial charge in [0.25, 0.3) is 0 Å². The molecule has 0 aliphatic carbocycles. The van der Waals surface area contributed by atoms with Crippen LogP contribution >= 0.6 is 15.9 Å². The minimum Gasteiger partial charge on any atom is -0.496 e. The Balaban J connectivity index is 1.81. The van der Waals surface area contributed by atoms with Gasteiger partial charge < -0.3 is 13.9 Å². The number of nitrogens with zero attached hydrogens (tertiary/aromatic N) is 2. The highest BCUT2D eigenvalue weighted by Crippen LogP contribution is 2.32. The van der Waals surface area contributed by atoms with Gasteiger partial charge in [-0.2, -0.15) is 10.1 Å². The molecule has 0 radical (unpaired) electrons. The molecule has 23 heavy (non-hydrogen) atoms. The van der Waals surface area contributed by atoms with Crippen LogP contribution in [0.5, 0.6) is 11.5 Å². The van der Waals surface area contributed by atoms with E-state index in [0.29, 0.717) is 23.1 Å². The molecule has 0 unspecified atom stereocenters. The van der Waals surface area contributed by atoms with Gasteiger partial charge in [0.2, 0.25) is 0 Å². The van der Waals surface area contributed by atoms with Crippen LogP contribution in [0.2, 0.25) is 0 Å². The van der Waals surface area contributed by atoms with E-state index in [1.807, 2.05) is 30.3 Å². The van der Waals surface area contributed by atoms with E-state index >= 15 is 0 Å². The van der Waals surface area contributed by atoms with E-state index in [2.05, 4.69) is 31.4 Å². The number of ether oxygens (including phenoxy) is 2. The highest BCUT2D eigenvalue weighted by atomic mass is 79.9. The fourth-order valence-electron chi connectivity index (χ4n) is 2.06. The molecule has 0 aliphatic heterocycles. The smallest absolute Gasteiger partial charge is 0.316 e. The zero-order chi connectivity index (χ0) is 16.2. The molecule has 0 atom stereocenters. The molecule has 0 saturated heterocycles. The van der Waals surface area contributed by atoms with Crippen LogP contribution in [0.1, 0.15) is 5.56 Å². The molecule has 7 heteroatoms. The summed E-state index contributed by atoms with van der Waals surface area (Å²) < 4.78 is 16.9. The van der Waals surface area contributed by atoms with Crippen molar-refractivity contribution in [3.63, 3.8) is 0 Å². The van der Waals surface area contributed by atoms with E-state index in [0.717, 1.165) is 15.6 Å². The van der Waals surface area contributed by atoms with Crippen molar-refractivity contribution in [1.82, 2.24) is 4.98 Å². The third-order valence-electron chi connectivity index (χ3n) is 3.16. The fraction of sp³-hybridized carbons (Fsp3) is 0.125. The molecule has 1 N–H and O–H groups in total. The minimum atomic E-state index is 0.328. The average Bonchev–Trinajstić information content (AvgIpc) is 2.98. The van der Waals surface area contributed by atoms with E-state index in [1.54, 1.807) is 26.5 Å². The van der Waals surface area contributed by atoms with Gasteiger partial charge in [0.15, 0.2) is 5.58 Å². The van der Waals surface area contributed by atoms with Crippen molar-refractivity contribution in [3.05, 3.63) is 46.4 Å². The maximum atomic E-state index is 5.53. The van der Waals surface area contributed by atoms with Gasteiger partial charge in [-0.25, -0.2) is 5.43 Å². The molecule has 0 fully saturated rings. The summed E-state index contributed by atoms with van der Waals surface area (Å²) in [4.78, 5) is 4.28.